The topological polar surface area (TPSA) is 51.1 Å². The molecule has 0 radical (unpaired) electrons. The highest BCUT2D eigenvalue weighted by Crippen LogP contribution is 2.22. The fourth-order valence-electron chi connectivity index (χ4n) is 2.12. The zero-order valence-electron chi connectivity index (χ0n) is 13.6. The number of thiocarbonyl (C=S) groups is 1. The predicted octanol–water partition coefficient (Wildman–Crippen LogP) is 3.87. The molecule has 0 saturated carbocycles. The first-order valence-corrected chi connectivity index (χ1v) is 8.68. The van der Waals surface area contributed by atoms with Gasteiger partial charge in [0, 0.05) is 42.1 Å². The number of hydrogen-bond donors (Lipinski definition) is 2. The van der Waals surface area contributed by atoms with Crippen molar-refractivity contribution in [2.45, 2.75) is 19.9 Å². The molecule has 1 aromatic heterocycles. The van der Waals surface area contributed by atoms with Crippen LogP contribution in [0.15, 0.2) is 24.3 Å². The summed E-state index contributed by atoms with van der Waals surface area (Å²) in [5, 5.41) is 12.5. The molecular formula is C16H20Cl2N4OS. The molecule has 0 aliphatic heterocycles. The summed E-state index contributed by atoms with van der Waals surface area (Å²) in [4.78, 5) is 0. The van der Waals surface area contributed by atoms with Crippen molar-refractivity contribution in [1.82, 2.24) is 15.1 Å². The Kier molecular flexibility index (Phi) is 7.30. The standard InChI is InChI=1S/C16H20Cl2N4OS/c1-11-8-15(20-16(24)19-6-3-7-23-2)21-22(11)10-12-4-5-13(17)9-14(12)18/h4-5,8-9H,3,6-7,10H2,1-2H3,(H2,19,20,21,24). The van der Waals surface area contributed by atoms with Gasteiger partial charge in [-0.25, -0.2) is 0 Å². The highest BCUT2D eigenvalue weighted by Gasteiger charge is 2.08. The van der Waals surface area contributed by atoms with Crippen molar-refractivity contribution in [3.63, 3.8) is 0 Å². The van der Waals surface area contributed by atoms with Crippen LogP contribution < -0.4 is 10.6 Å². The van der Waals surface area contributed by atoms with Gasteiger partial charge in [-0.1, -0.05) is 29.3 Å². The van der Waals surface area contributed by atoms with E-state index in [1.807, 2.05) is 29.8 Å². The number of rotatable bonds is 7. The van der Waals surface area contributed by atoms with Gasteiger partial charge in [-0.2, -0.15) is 5.10 Å². The van der Waals surface area contributed by atoms with Gasteiger partial charge in [0.05, 0.1) is 6.54 Å². The molecule has 2 N–H and O–H groups in total. The minimum atomic E-state index is 0.542. The van der Waals surface area contributed by atoms with Crippen LogP contribution in [-0.2, 0) is 11.3 Å². The monoisotopic (exact) mass is 386 g/mol. The van der Waals surface area contributed by atoms with Crippen molar-refractivity contribution >= 4 is 46.4 Å². The van der Waals surface area contributed by atoms with Gasteiger partial charge < -0.3 is 15.4 Å². The van der Waals surface area contributed by atoms with E-state index < -0.39 is 0 Å². The number of nitrogens with zero attached hydrogens (tertiary/aromatic N) is 2. The van der Waals surface area contributed by atoms with E-state index in [1.165, 1.54) is 0 Å². The van der Waals surface area contributed by atoms with Crippen LogP contribution in [0.5, 0.6) is 0 Å². The average molecular weight is 387 g/mol. The molecule has 0 atom stereocenters. The van der Waals surface area contributed by atoms with Crippen LogP contribution in [0.1, 0.15) is 17.7 Å². The van der Waals surface area contributed by atoms with Gasteiger partial charge in [0.2, 0.25) is 0 Å². The molecule has 8 heteroatoms. The first-order chi connectivity index (χ1) is 11.5. The van der Waals surface area contributed by atoms with Gasteiger partial charge in [0.15, 0.2) is 10.9 Å². The van der Waals surface area contributed by atoms with E-state index in [2.05, 4.69) is 15.7 Å². The largest absolute Gasteiger partial charge is 0.385 e. The maximum Gasteiger partial charge on any atom is 0.171 e. The van der Waals surface area contributed by atoms with Crippen LogP contribution in [0.25, 0.3) is 0 Å². The lowest BCUT2D eigenvalue weighted by molar-refractivity contribution is 0.196. The maximum atomic E-state index is 6.22. The van der Waals surface area contributed by atoms with Gasteiger partial charge in [-0.3, -0.25) is 4.68 Å². The quantitative estimate of drug-likeness (QED) is 0.558. The summed E-state index contributed by atoms with van der Waals surface area (Å²) in [6, 6.07) is 7.39. The number of methoxy groups -OCH3 is 1. The molecule has 24 heavy (non-hydrogen) atoms. The Hall–Kier alpha value is -1.34. The summed E-state index contributed by atoms with van der Waals surface area (Å²) in [7, 11) is 1.68. The van der Waals surface area contributed by atoms with Crippen molar-refractivity contribution in [2.75, 3.05) is 25.6 Å². The zero-order chi connectivity index (χ0) is 17.5. The molecule has 130 valence electrons. The Morgan fingerprint density at radius 1 is 1.33 bits per heavy atom. The Morgan fingerprint density at radius 2 is 2.12 bits per heavy atom. The minimum absolute atomic E-state index is 0.542. The molecule has 1 aromatic carbocycles. The van der Waals surface area contributed by atoms with Gasteiger partial charge in [0.25, 0.3) is 0 Å². The van der Waals surface area contributed by atoms with Gasteiger partial charge in [-0.05, 0) is 43.3 Å². The lowest BCUT2D eigenvalue weighted by Gasteiger charge is -2.08. The average Bonchev–Trinajstić information content (AvgIpc) is 2.86. The normalized spacial score (nSPS) is 10.7. The summed E-state index contributed by atoms with van der Waals surface area (Å²) < 4.78 is 6.86. The van der Waals surface area contributed by atoms with Crippen LogP contribution in [-0.4, -0.2) is 35.2 Å². The molecule has 2 rings (SSSR count). The Morgan fingerprint density at radius 3 is 2.83 bits per heavy atom. The van der Waals surface area contributed by atoms with E-state index in [-0.39, 0.29) is 0 Å². The van der Waals surface area contributed by atoms with Gasteiger partial charge >= 0.3 is 0 Å². The van der Waals surface area contributed by atoms with Crippen LogP contribution in [0.4, 0.5) is 5.82 Å². The Labute approximate surface area is 157 Å². The molecule has 0 amide bonds. The molecule has 0 saturated heterocycles. The summed E-state index contributed by atoms with van der Waals surface area (Å²) in [6.07, 6.45) is 0.890. The van der Waals surface area contributed by atoms with E-state index in [1.54, 1.807) is 13.2 Å². The van der Waals surface area contributed by atoms with E-state index >= 15 is 0 Å². The van der Waals surface area contributed by atoms with E-state index in [9.17, 15) is 0 Å². The number of halogens is 2. The molecule has 2 aromatic rings. The first kappa shape index (κ1) is 19.0. The molecule has 1 heterocycles. The molecule has 0 fully saturated rings. The molecule has 0 bridgehead atoms. The SMILES string of the molecule is COCCCNC(=S)Nc1cc(C)n(Cc2ccc(Cl)cc2Cl)n1. The fourth-order valence-corrected chi connectivity index (χ4v) is 2.80. The van der Waals surface area contributed by atoms with Crippen molar-refractivity contribution < 1.29 is 4.74 Å². The summed E-state index contributed by atoms with van der Waals surface area (Å²) in [6.45, 7) is 4.00. The Balaban J connectivity index is 1.95. The van der Waals surface area contributed by atoms with Crippen molar-refractivity contribution in [1.29, 1.82) is 0 Å². The van der Waals surface area contributed by atoms with Crippen molar-refractivity contribution in [3.8, 4) is 0 Å². The third-order valence-electron chi connectivity index (χ3n) is 3.37. The predicted molar refractivity (Wildman–Crippen MR) is 103 cm³/mol. The molecule has 0 aliphatic carbocycles. The number of ether oxygens (including phenoxy) is 1. The second-order valence-corrected chi connectivity index (χ2v) is 6.54. The fraction of sp³-hybridized carbons (Fsp3) is 0.375. The van der Waals surface area contributed by atoms with E-state index in [0.717, 1.165) is 24.2 Å². The van der Waals surface area contributed by atoms with Crippen LogP contribution in [0.3, 0.4) is 0 Å². The van der Waals surface area contributed by atoms with E-state index in [0.29, 0.717) is 34.1 Å². The lowest BCUT2D eigenvalue weighted by Crippen LogP contribution is -2.30. The van der Waals surface area contributed by atoms with Gasteiger partial charge in [-0.15, -0.1) is 0 Å². The van der Waals surface area contributed by atoms with Crippen molar-refractivity contribution in [3.05, 3.63) is 45.6 Å². The summed E-state index contributed by atoms with van der Waals surface area (Å²) in [5.74, 6) is 0.696. The third kappa shape index (κ3) is 5.63. The number of aromatic nitrogens is 2. The number of nitrogens with one attached hydrogen (secondary N) is 2. The lowest BCUT2D eigenvalue weighted by atomic mass is 10.2. The minimum Gasteiger partial charge on any atom is -0.385 e. The zero-order valence-corrected chi connectivity index (χ0v) is 15.9. The molecule has 0 unspecified atom stereocenters. The molecule has 0 aliphatic rings. The smallest absolute Gasteiger partial charge is 0.171 e. The van der Waals surface area contributed by atoms with Crippen molar-refractivity contribution in [2.24, 2.45) is 0 Å². The molecule has 5 nitrogen and oxygen atoms in total. The van der Waals surface area contributed by atoms with E-state index in [4.69, 9.17) is 40.2 Å². The summed E-state index contributed by atoms with van der Waals surface area (Å²) in [5.41, 5.74) is 1.96. The second-order valence-electron chi connectivity index (χ2n) is 5.29. The summed E-state index contributed by atoms with van der Waals surface area (Å²) >= 11 is 17.4. The molecule has 0 spiro atoms. The highest BCUT2D eigenvalue weighted by molar-refractivity contribution is 7.80. The first-order valence-electron chi connectivity index (χ1n) is 7.51. The van der Waals surface area contributed by atoms with Gasteiger partial charge in [0.1, 0.15) is 0 Å². The number of anilines is 1. The number of benzene rings is 1. The third-order valence-corrected chi connectivity index (χ3v) is 4.20. The number of hydrogen-bond acceptors (Lipinski definition) is 3. The number of aryl methyl sites for hydroxylation is 1. The second kappa shape index (κ2) is 9.22. The molecular weight excluding hydrogens is 367 g/mol. The van der Waals surface area contributed by atoms with Crippen LogP contribution in [0.2, 0.25) is 10.0 Å². The maximum absolute atomic E-state index is 6.22. The van der Waals surface area contributed by atoms with Crippen LogP contribution >= 0.6 is 35.4 Å². The highest BCUT2D eigenvalue weighted by atomic mass is 35.5. The van der Waals surface area contributed by atoms with Crippen LogP contribution in [0, 0.1) is 6.92 Å². The Bertz CT molecular complexity index is 705.